The Morgan fingerprint density at radius 1 is 1.33 bits per heavy atom. The van der Waals surface area contributed by atoms with E-state index in [0.717, 1.165) is 5.69 Å². The second-order valence-electron chi connectivity index (χ2n) is 5.76. The van der Waals surface area contributed by atoms with Gasteiger partial charge in [-0.15, -0.1) is 5.10 Å². The number of thiophene rings is 1. The molecule has 1 aromatic carbocycles. The van der Waals surface area contributed by atoms with E-state index in [9.17, 15) is 4.79 Å². The number of hydrogen-bond acceptors (Lipinski definition) is 6. The third-order valence-corrected chi connectivity index (χ3v) is 4.96. The summed E-state index contributed by atoms with van der Waals surface area (Å²) in [6, 6.07) is 9.12. The molecule has 0 saturated heterocycles. The van der Waals surface area contributed by atoms with Gasteiger partial charge in [0.2, 0.25) is 0 Å². The number of hydrogen-bond donors (Lipinski definition) is 1. The summed E-state index contributed by atoms with van der Waals surface area (Å²) in [7, 11) is 0. The van der Waals surface area contributed by atoms with E-state index in [4.69, 9.17) is 16.1 Å². The van der Waals surface area contributed by atoms with Crippen LogP contribution in [0.2, 0.25) is 5.02 Å². The number of nitrogens with one attached hydrogen (secondary N) is 1. The number of halogens is 1. The van der Waals surface area contributed by atoms with Crippen molar-refractivity contribution in [3.63, 3.8) is 0 Å². The average molecular weight is 400 g/mol. The number of carbonyl (C=O) groups excluding carboxylic acids is 1. The van der Waals surface area contributed by atoms with Gasteiger partial charge in [-0.3, -0.25) is 4.79 Å². The van der Waals surface area contributed by atoms with Gasteiger partial charge in [0.1, 0.15) is 22.7 Å². The summed E-state index contributed by atoms with van der Waals surface area (Å²) in [6.45, 7) is 1.92. The van der Waals surface area contributed by atoms with E-state index >= 15 is 0 Å². The number of amides is 1. The zero-order chi connectivity index (χ0) is 18.8. The Bertz CT molecular complexity index is 1090. The molecule has 7 nitrogen and oxygen atoms in total. The van der Waals surface area contributed by atoms with E-state index < -0.39 is 0 Å². The highest BCUT2D eigenvalue weighted by molar-refractivity contribution is 7.08. The van der Waals surface area contributed by atoms with Gasteiger partial charge in [-0.05, 0) is 24.4 Å². The average Bonchev–Trinajstić information content (AvgIpc) is 3.40. The number of rotatable bonds is 5. The first-order valence-corrected chi connectivity index (χ1v) is 9.38. The van der Waals surface area contributed by atoms with Gasteiger partial charge in [0.25, 0.3) is 5.91 Å². The molecule has 0 unspecified atom stereocenters. The molecular formula is C18H14ClN5O2S. The Morgan fingerprint density at radius 3 is 2.96 bits per heavy atom. The van der Waals surface area contributed by atoms with Gasteiger partial charge in [-0.25, -0.2) is 4.68 Å². The first-order chi connectivity index (χ1) is 13.1. The molecule has 0 saturated carbocycles. The minimum absolute atomic E-state index is 0.232. The van der Waals surface area contributed by atoms with Crippen molar-refractivity contribution < 1.29 is 9.32 Å². The summed E-state index contributed by atoms with van der Waals surface area (Å²) >= 11 is 7.81. The summed E-state index contributed by atoms with van der Waals surface area (Å²) in [6.07, 6.45) is 1.78. The Morgan fingerprint density at radius 2 is 2.19 bits per heavy atom. The predicted molar refractivity (Wildman–Crippen MR) is 102 cm³/mol. The van der Waals surface area contributed by atoms with Crippen LogP contribution in [0, 0.1) is 6.92 Å². The molecule has 0 spiro atoms. The number of carbonyl (C=O) groups is 1. The molecule has 9 heteroatoms. The van der Waals surface area contributed by atoms with Gasteiger partial charge >= 0.3 is 0 Å². The molecule has 0 radical (unpaired) electrons. The van der Waals surface area contributed by atoms with E-state index in [1.807, 2.05) is 29.0 Å². The van der Waals surface area contributed by atoms with Crippen molar-refractivity contribution in [2.75, 3.05) is 0 Å². The maximum atomic E-state index is 12.7. The second kappa shape index (κ2) is 7.34. The van der Waals surface area contributed by atoms with Crippen LogP contribution in [0.25, 0.3) is 16.9 Å². The molecule has 27 heavy (non-hydrogen) atoms. The topological polar surface area (TPSA) is 85.8 Å². The molecule has 1 N–H and O–H groups in total. The SMILES string of the molecule is Cc1onc(-c2ccccc2Cl)c1C(=O)NCc1cn(-c2ccsc2)nn1. The van der Waals surface area contributed by atoms with Crippen molar-refractivity contribution in [3.05, 3.63) is 69.3 Å². The van der Waals surface area contributed by atoms with Crippen molar-refractivity contribution in [3.8, 4) is 16.9 Å². The van der Waals surface area contributed by atoms with E-state index in [1.54, 1.807) is 41.3 Å². The predicted octanol–water partition coefficient (Wildman–Crippen LogP) is 3.88. The number of aryl methyl sites for hydroxylation is 1. The number of aromatic nitrogens is 4. The Balaban J connectivity index is 1.53. The monoisotopic (exact) mass is 399 g/mol. The highest BCUT2D eigenvalue weighted by Crippen LogP contribution is 2.30. The van der Waals surface area contributed by atoms with Crippen LogP contribution in [-0.4, -0.2) is 26.1 Å². The standard InChI is InChI=1S/C18H14ClN5O2S/c1-11-16(17(22-26-11)14-4-2-3-5-15(14)19)18(25)20-8-12-9-24(23-21-12)13-6-7-27-10-13/h2-7,9-10H,8H2,1H3,(H,20,25). The van der Waals surface area contributed by atoms with E-state index in [2.05, 4.69) is 20.8 Å². The minimum atomic E-state index is -0.311. The fourth-order valence-corrected chi connectivity index (χ4v) is 3.48. The lowest BCUT2D eigenvalue weighted by Gasteiger charge is -2.05. The van der Waals surface area contributed by atoms with Crippen molar-refractivity contribution >= 4 is 28.8 Å². The van der Waals surface area contributed by atoms with Gasteiger partial charge in [0, 0.05) is 10.9 Å². The number of benzene rings is 1. The molecule has 3 aromatic heterocycles. The molecule has 0 atom stereocenters. The molecule has 0 fully saturated rings. The smallest absolute Gasteiger partial charge is 0.257 e. The molecule has 3 heterocycles. The normalized spacial score (nSPS) is 10.9. The molecule has 4 rings (SSSR count). The Labute approximate surface area is 163 Å². The summed E-state index contributed by atoms with van der Waals surface area (Å²) < 4.78 is 6.90. The zero-order valence-electron chi connectivity index (χ0n) is 14.2. The molecule has 0 aliphatic rings. The third kappa shape index (κ3) is 3.49. The Kier molecular flexibility index (Phi) is 4.74. The molecule has 136 valence electrons. The molecule has 0 aliphatic carbocycles. The van der Waals surface area contributed by atoms with E-state index in [-0.39, 0.29) is 12.5 Å². The molecular weight excluding hydrogens is 386 g/mol. The largest absolute Gasteiger partial charge is 0.360 e. The van der Waals surface area contributed by atoms with Gasteiger partial charge in [0.05, 0.1) is 23.5 Å². The Hall–Kier alpha value is -2.97. The van der Waals surface area contributed by atoms with Crippen LogP contribution in [0.5, 0.6) is 0 Å². The molecule has 0 bridgehead atoms. The highest BCUT2D eigenvalue weighted by Gasteiger charge is 2.23. The fraction of sp³-hybridized carbons (Fsp3) is 0.111. The van der Waals surface area contributed by atoms with Crippen LogP contribution < -0.4 is 5.32 Å². The summed E-state index contributed by atoms with van der Waals surface area (Å²) in [5.41, 5.74) is 2.99. The van der Waals surface area contributed by atoms with Crippen LogP contribution >= 0.6 is 22.9 Å². The van der Waals surface area contributed by atoms with E-state index in [1.165, 1.54) is 0 Å². The van der Waals surface area contributed by atoms with Crippen LogP contribution in [0.3, 0.4) is 0 Å². The maximum absolute atomic E-state index is 12.7. The lowest BCUT2D eigenvalue weighted by Crippen LogP contribution is -2.24. The molecule has 4 aromatic rings. The van der Waals surface area contributed by atoms with Crippen molar-refractivity contribution in [1.29, 1.82) is 0 Å². The van der Waals surface area contributed by atoms with Gasteiger partial charge in [0.15, 0.2) is 0 Å². The summed E-state index contributed by atoms with van der Waals surface area (Å²) in [5, 5.41) is 19.4. The first kappa shape index (κ1) is 17.4. The van der Waals surface area contributed by atoms with Crippen LogP contribution in [-0.2, 0) is 6.54 Å². The summed E-state index contributed by atoms with van der Waals surface area (Å²) in [5.74, 6) is 0.109. The lowest BCUT2D eigenvalue weighted by molar-refractivity contribution is 0.0949. The van der Waals surface area contributed by atoms with Gasteiger partial charge in [-0.2, -0.15) is 11.3 Å². The second-order valence-corrected chi connectivity index (χ2v) is 6.95. The first-order valence-electron chi connectivity index (χ1n) is 8.06. The third-order valence-electron chi connectivity index (χ3n) is 3.96. The van der Waals surface area contributed by atoms with Crippen molar-refractivity contribution in [1.82, 2.24) is 25.5 Å². The van der Waals surface area contributed by atoms with Crippen molar-refractivity contribution in [2.45, 2.75) is 13.5 Å². The molecule has 1 amide bonds. The quantitative estimate of drug-likeness (QED) is 0.550. The lowest BCUT2D eigenvalue weighted by atomic mass is 10.1. The summed E-state index contributed by atoms with van der Waals surface area (Å²) in [4.78, 5) is 12.7. The van der Waals surface area contributed by atoms with Crippen molar-refractivity contribution in [2.24, 2.45) is 0 Å². The van der Waals surface area contributed by atoms with Crippen LogP contribution in [0.1, 0.15) is 21.8 Å². The minimum Gasteiger partial charge on any atom is -0.360 e. The zero-order valence-corrected chi connectivity index (χ0v) is 15.8. The fourth-order valence-electron chi connectivity index (χ4n) is 2.63. The maximum Gasteiger partial charge on any atom is 0.257 e. The van der Waals surface area contributed by atoms with Crippen LogP contribution in [0.15, 0.2) is 51.8 Å². The van der Waals surface area contributed by atoms with Crippen LogP contribution in [0.4, 0.5) is 0 Å². The van der Waals surface area contributed by atoms with Gasteiger partial charge < -0.3 is 9.84 Å². The number of nitrogens with zero attached hydrogens (tertiary/aromatic N) is 4. The molecule has 0 aliphatic heterocycles. The van der Waals surface area contributed by atoms with Gasteiger partial charge in [-0.1, -0.05) is 40.2 Å². The van der Waals surface area contributed by atoms with E-state index in [0.29, 0.717) is 33.3 Å². The highest BCUT2D eigenvalue weighted by atomic mass is 35.5.